The number of hydrogen-bond donors (Lipinski definition) is 2. The lowest BCUT2D eigenvalue weighted by Crippen LogP contribution is -2.40. The summed E-state index contributed by atoms with van der Waals surface area (Å²) < 4.78 is 13.2. The molecular weight excluding hydrogens is 333 g/mol. The van der Waals surface area contributed by atoms with Crippen LogP contribution in [-0.2, 0) is 4.79 Å². The molecule has 0 fully saturated rings. The van der Waals surface area contributed by atoms with Crippen molar-refractivity contribution in [2.75, 3.05) is 18.9 Å². The number of para-hydroxylation sites is 1. The van der Waals surface area contributed by atoms with Gasteiger partial charge in [-0.1, -0.05) is 24.3 Å². The van der Waals surface area contributed by atoms with Gasteiger partial charge in [0.2, 0.25) is 5.91 Å². The fourth-order valence-corrected chi connectivity index (χ4v) is 2.83. The molecule has 6 heteroatoms. The summed E-state index contributed by atoms with van der Waals surface area (Å²) in [7, 11) is 1.71. The van der Waals surface area contributed by atoms with Gasteiger partial charge in [0.15, 0.2) is 5.78 Å². The average Bonchev–Trinajstić information content (AvgIpc) is 3.04. The molecule has 3 rings (SSSR count). The van der Waals surface area contributed by atoms with Gasteiger partial charge in [-0.2, -0.15) is 0 Å². The molecule has 1 aromatic heterocycles. The Labute approximate surface area is 150 Å². The monoisotopic (exact) mass is 353 g/mol. The lowest BCUT2D eigenvalue weighted by atomic mass is 10.0. The van der Waals surface area contributed by atoms with Crippen LogP contribution in [0.15, 0.2) is 54.7 Å². The van der Waals surface area contributed by atoms with Crippen molar-refractivity contribution in [3.63, 3.8) is 0 Å². The largest absolute Gasteiger partial charge is 0.360 e. The van der Waals surface area contributed by atoms with Gasteiger partial charge in [-0.05, 0) is 38.2 Å². The Morgan fingerprint density at radius 1 is 1.19 bits per heavy atom. The van der Waals surface area contributed by atoms with E-state index in [1.807, 2.05) is 24.3 Å². The fraction of sp³-hybridized carbons (Fsp3) is 0.200. The summed E-state index contributed by atoms with van der Waals surface area (Å²) in [6.07, 6.45) is 1.70. The highest BCUT2D eigenvalue weighted by atomic mass is 19.1. The van der Waals surface area contributed by atoms with E-state index in [2.05, 4.69) is 10.3 Å². The highest BCUT2D eigenvalue weighted by Crippen LogP contribution is 2.20. The van der Waals surface area contributed by atoms with Crippen LogP contribution >= 0.6 is 0 Å². The Kier molecular flexibility index (Phi) is 5.14. The van der Waals surface area contributed by atoms with Gasteiger partial charge >= 0.3 is 0 Å². The van der Waals surface area contributed by atoms with E-state index in [9.17, 15) is 14.0 Å². The molecule has 2 N–H and O–H groups in total. The number of carbonyl (C=O) groups is 2. The van der Waals surface area contributed by atoms with Gasteiger partial charge in [0.1, 0.15) is 5.82 Å². The predicted molar refractivity (Wildman–Crippen MR) is 99.8 cm³/mol. The van der Waals surface area contributed by atoms with Crippen LogP contribution in [0.1, 0.15) is 17.3 Å². The van der Waals surface area contributed by atoms with E-state index in [4.69, 9.17) is 0 Å². The minimum Gasteiger partial charge on any atom is -0.360 e. The smallest absolute Gasteiger partial charge is 0.238 e. The molecule has 0 aliphatic rings. The molecule has 0 aliphatic heterocycles. The van der Waals surface area contributed by atoms with Crippen LogP contribution in [0.5, 0.6) is 0 Å². The molecule has 2 aromatic carbocycles. The molecule has 0 aliphatic carbocycles. The molecule has 0 bridgehead atoms. The van der Waals surface area contributed by atoms with Crippen LogP contribution in [0.25, 0.3) is 10.9 Å². The lowest BCUT2D eigenvalue weighted by molar-refractivity contribution is -0.117. The van der Waals surface area contributed by atoms with Crippen molar-refractivity contribution in [2.45, 2.75) is 13.0 Å². The maximum atomic E-state index is 13.2. The molecule has 0 spiro atoms. The van der Waals surface area contributed by atoms with Crippen molar-refractivity contribution in [2.24, 2.45) is 0 Å². The van der Waals surface area contributed by atoms with E-state index < -0.39 is 11.9 Å². The van der Waals surface area contributed by atoms with E-state index in [1.54, 1.807) is 31.1 Å². The normalized spacial score (nSPS) is 12.3. The third-order valence-corrected chi connectivity index (χ3v) is 4.40. The summed E-state index contributed by atoms with van der Waals surface area (Å²) in [5.74, 6) is -0.792. The molecule has 1 amide bonds. The third-order valence-electron chi connectivity index (χ3n) is 4.40. The minimum atomic E-state index is -0.479. The van der Waals surface area contributed by atoms with Crippen molar-refractivity contribution in [1.29, 1.82) is 0 Å². The van der Waals surface area contributed by atoms with E-state index in [0.717, 1.165) is 10.9 Å². The molecule has 0 saturated heterocycles. The second-order valence-corrected chi connectivity index (χ2v) is 6.26. The summed E-state index contributed by atoms with van der Waals surface area (Å²) in [6.45, 7) is 1.78. The number of aromatic nitrogens is 1. The number of hydrogen-bond acceptors (Lipinski definition) is 3. The number of fused-ring (bicyclic) bond motifs is 1. The molecule has 0 radical (unpaired) electrons. The van der Waals surface area contributed by atoms with Gasteiger partial charge in [0, 0.05) is 28.4 Å². The number of benzene rings is 2. The van der Waals surface area contributed by atoms with Gasteiger partial charge < -0.3 is 10.3 Å². The van der Waals surface area contributed by atoms with Crippen LogP contribution in [0.4, 0.5) is 10.1 Å². The molecule has 1 atom stereocenters. The highest BCUT2D eigenvalue weighted by Gasteiger charge is 2.23. The first-order chi connectivity index (χ1) is 12.5. The number of carbonyl (C=O) groups excluding carboxylic acids is 2. The Morgan fingerprint density at radius 2 is 1.96 bits per heavy atom. The average molecular weight is 353 g/mol. The highest BCUT2D eigenvalue weighted by molar-refractivity contribution is 6.10. The van der Waals surface area contributed by atoms with Crippen molar-refractivity contribution < 1.29 is 14.0 Å². The maximum Gasteiger partial charge on any atom is 0.238 e. The number of amides is 1. The van der Waals surface area contributed by atoms with Crippen LogP contribution in [0.3, 0.4) is 0 Å². The molecule has 0 unspecified atom stereocenters. The fourth-order valence-electron chi connectivity index (χ4n) is 2.83. The Bertz CT molecular complexity index is 951. The quantitative estimate of drug-likeness (QED) is 0.667. The number of Topliss-reactive ketones (excluding diaryl/α,β-unsaturated/α-hetero) is 1. The summed E-state index contributed by atoms with van der Waals surface area (Å²) >= 11 is 0. The summed E-state index contributed by atoms with van der Waals surface area (Å²) in [6, 6.07) is 12.8. The zero-order chi connectivity index (χ0) is 18.7. The van der Waals surface area contributed by atoms with Gasteiger partial charge in [-0.15, -0.1) is 0 Å². The van der Waals surface area contributed by atoms with Crippen LogP contribution < -0.4 is 5.32 Å². The van der Waals surface area contributed by atoms with E-state index >= 15 is 0 Å². The zero-order valence-corrected chi connectivity index (χ0v) is 14.6. The number of rotatable bonds is 6. The number of aromatic amines is 1. The second-order valence-electron chi connectivity index (χ2n) is 6.26. The van der Waals surface area contributed by atoms with Crippen molar-refractivity contribution >= 4 is 28.3 Å². The van der Waals surface area contributed by atoms with Crippen LogP contribution in [0.2, 0.25) is 0 Å². The van der Waals surface area contributed by atoms with E-state index in [-0.39, 0.29) is 18.2 Å². The molecule has 26 heavy (non-hydrogen) atoms. The number of halogens is 1. The minimum absolute atomic E-state index is 0.0196. The van der Waals surface area contributed by atoms with E-state index in [1.165, 1.54) is 18.2 Å². The standard InChI is InChI=1S/C20H20FN3O2/c1-13(20(26)17-11-22-18-9-4-3-8-16(17)18)24(2)12-19(25)23-15-7-5-6-14(21)10-15/h3-11,13,22H,12H2,1-2H3,(H,23,25)/t13-/m1/s1. The maximum absolute atomic E-state index is 13.2. The second kappa shape index (κ2) is 7.49. The first kappa shape index (κ1) is 17.8. The first-order valence-corrected chi connectivity index (χ1v) is 8.31. The SMILES string of the molecule is C[C@H](C(=O)c1c[nH]c2ccccc12)N(C)CC(=O)Nc1cccc(F)c1. The van der Waals surface area contributed by atoms with Crippen molar-refractivity contribution in [1.82, 2.24) is 9.88 Å². The molecule has 1 heterocycles. The number of likely N-dealkylation sites (N-methyl/N-ethyl adjacent to an activating group) is 1. The van der Waals surface area contributed by atoms with Crippen LogP contribution in [0, 0.1) is 5.82 Å². The molecule has 0 saturated carbocycles. The summed E-state index contributed by atoms with van der Waals surface area (Å²) in [5, 5.41) is 3.50. The molecular formula is C20H20FN3O2. The van der Waals surface area contributed by atoms with Crippen molar-refractivity contribution in [3.8, 4) is 0 Å². The van der Waals surface area contributed by atoms with Gasteiger partial charge in [-0.3, -0.25) is 14.5 Å². The topological polar surface area (TPSA) is 65.2 Å². The van der Waals surface area contributed by atoms with Gasteiger partial charge in [0.25, 0.3) is 0 Å². The molecule has 3 aromatic rings. The van der Waals surface area contributed by atoms with Gasteiger partial charge in [0.05, 0.1) is 12.6 Å². The lowest BCUT2D eigenvalue weighted by Gasteiger charge is -2.22. The van der Waals surface area contributed by atoms with Crippen molar-refractivity contribution in [3.05, 3.63) is 66.1 Å². The summed E-state index contributed by atoms with van der Waals surface area (Å²) in [4.78, 5) is 29.7. The Morgan fingerprint density at radius 3 is 2.73 bits per heavy atom. The zero-order valence-electron chi connectivity index (χ0n) is 14.6. The predicted octanol–water partition coefficient (Wildman–Crippen LogP) is 3.45. The Hall–Kier alpha value is -2.99. The van der Waals surface area contributed by atoms with Crippen LogP contribution in [-0.4, -0.2) is 41.2 Å². The number of nitrogens with one attached hydrogen (secondary N) is 2. The first-order valence-electron chi connectivity index (χ1n) is 8.31. The molecule has 134 valence electrons. The number of anilines is 1. The summed E-state index contributed by atoms with van der Waals surface area (Å²) in [5.41, 5.74) is 1.89. The number of ketones is 1. The van der Waals surface area contributed by atoms with Gasteiger partial charge in [-0.25, -0.2) is 4.39 Å². The number of nitrogens with zero attached hydrogens (tertiary/aromatic N) is 1. The molecule has 5 nitrogen and oxygen atoms in total. The number of H-pyrrole nitrogens is 1. The third kappa shape index (κ3) is 3.81. The Balaban J connectivity index is 1.66. The van der Waals surface area contributed by atoms with E-state index in [0.29, 0.717) is 11.3 Å².